The number of benzene rings is 2. The van der Waals surface area contributed by atoms with Crippen molar-refractivity contribution in [2.45, 2.75) is 6.54 Å². The first-order chi connectivity index (χ1) is 11.6. The van der Waals surface area contributed by atoms with Crippen LogP contribution in [-0.2, 0) is 16.1 Å². The SMILES string of the molecule is O=C(COC(=O)c1cc2c(F)cccc2s1)NCc1ccccc1. The Morgan fingerprint density at radius 3 is 2.62 bits per heavy atom. The third-order valence-corrected chi connectivity index (χ3v) is 4.46. The van der Waals surface area contributed by atoms with E-state index in [1.165, 1.54) is 12.1 Å². The molecule has 0 aliphatic carbocycles. The van der Waals surface area contributed by atoms with Gasteiger partial charge in [0.2, 0.25) is 0 Å². The van der Waals surface area contributed by atoms with Crippen molar-refractivity contribution in [3.05, 3.63) is 70.9 Å². The highest BCUT2D eigenvalue weighted by molar-refractivity contribution is 7.20. The van der Waals surface area contributed by atoms with Crippen LogP contribution in [0.15, 0.2) is 54.6 Å². The molecule has 0 saturated carbocycles. The smallest absolute Gasteiger partial charge is 0.348 e. The molecule has 24 heavy (non-hydrogen) atoms. The van der Waals surface area contributed by atoms with Gasteiger partial charge in [0.1, 0.15) is 10.7 Å². The van der Waals surface area contributed by atoms with E-state index in [-0.39, 0.29) is 23.2 Å². The predicted molar refractivity (Wildman–Crippen MR) is 90.4 cm³/mol. The van der Waals surface area contributed by atoms with E-state index in [0.29, 0.717) is 16.6 Å². The number of carbonyl (C=O) groups excluding carboxylic acids is 2. The summed E-state index contributed by atoms with van der Waals surface area (Å²) >= 11 is 1.14. The molecule has 0 aliphatic heterocycles. The molecular formula is C18H14FNO3S. The second-order valence-corrected chi connectivity index (χ2v) is 6.18. The third kappa shape index (κ3) is 3.78. The number of nitrogens with one attached hydrogen (secondary N) is 1. The van der Waals surface area contributed by atoms with Crippen LogP contribution in [0.5, 0.6) is 0 Å². The summed E-state index contributed by atoms with van der Waals surface area (Å²) in [4.78, 5) is 24.0. The zero-order valence-corrected chi connectivity index (χ0v) is 13.4. The lowest BCUT2D eigenvalue weighted by Gasteiger charge is -2.05. The van der Waals surface area contributed by atoms with Crippen LogP contribution >= 0.6 is 11.3 Å². The second-order valence-electron chi connectivity index (χ2n) is 5.10. The third-order valence-electron chi connectivity index (χ3n) is 3.38. The van der Waals surface area contributed by atoms with Gasteiger partial charge in [-0.15, -0.1) is 11.3 Å². The minimum absolute atomic E-state index is 0.269. The zero-order valence-electron chi connectivity index (χ0n) is 12.6. The van der Waals surface area contributed by atoms with Crippen LogP contribution in [0.4, 0.5) is 4.39 Å². The molecule has 0 aliphatic rings. The van der Waals surface area contributed by atoms with Crippen molar-refractivity contribution in [2.24, 2.45) is 0 Å². The minimum Gasteiger partial charge on any atom is -0.451 e. The van der Waals surface area contributed by atoms with Crippen LogP contribution in [0, 0.1) is 5.82 Å². The van der Waals surface area contributed by atoms with Gasteiger partial charge in [-0.05, 0) is 23.8 Å². The van der Waals surface area contributed by atoms with E-state index < -0.39 is 5.97 Å². The molecule has 122 valence electrons. The molecule has 0 fully saturated rings. The summed E-state index contributed by atoms with van der Waals surface area (Å²) in [5.74, 6) is -1.41. The predicted octanol–water partition coefficient (Wildman–Crippen LogP) is 3.51. The molecule has 0 atom stereocenters. The molecule has 3 rings (SSSR count). The van der Waals surface area contributed by atoms with Crippen molar-refractivity contribution in [3.63, 3.8) is 0 Å². The highest BCUT2D eigenvalue weighted by atomic mass is 32.1. The Morgan fingerprint density at radius 1 is 1.08 bits per heavy atom. The fourth-order valence-corrected chi connectivity index (χ4v) is 3.14. The van der Waals surface area contributed by atoms with Gasteiger partial charge < -0.3 is 10.1 Å². The van der Waals surface area contributed by atoms with E-state index >= 15 is 0 Å². The maximum atomic E-state index is 13.6. The Labute approximate surface area is 141 Å². The van der Waals surface area contributed by atoms with Gasteiger partial charge in [0.15, 0.2) is 6.61 Å². The largest absolute Gasteiger partial charge is 0.451 e. The molecular weight excluding hydrogens is 329 g/mol. The van der Waals surface area contributed by atoms with E-state index in [1.807, 2.05) is 30.3 Å². The van der Waals surface area contributed by atoms with Crippen LogP contribution in [-0.4, -0.2) is 18.5 Å². The van der Waals surface area contributed by atoms with E-state index in [2.05, 4.69) is 5.32 Å². The van der Waals surface area contributed by atoms with E-state index in [4.69, 9.17) is 4.74 Å². The number of ether oxygens (including phenoxy) is 1. The van der Waals surface area contributed by atoms with Crippen LogP contribution in [0.1, 0.15) is 15.2 Å². The summed E-state index contributed by atoms with van der Waals surface area (Å²) in [6.07, 6.45) is 0. The van der Waals surface area contributed by atoms with Crippen molar-refractivity contribution in [2.75, 3.05) is 6.61 Å². The van der Waals surface area contributed by atoms with Crippen LogP contribution < -0.4 is 5.32 Å². The molecule has 0 saturated heterocycles. The molecule has 0 unspecified atom stereocenters. The van der Waals surface area contributed by atoms with Crippen molar-refractivity contribution >= 4 is 33.3 Å². The molecule has 6 heteroatoms. The highest BCUT2D eigenvalue weighted by Gasteiger charge is 2.15. The topological polar surface area (TPSA) is 55.4 Å². The molecule has 4 nitrogen and oxygen atoms in total. The van der Waals surface area contributed by atoms with Gasteiger partial charge in [-0.2, -0.15) is 0 Å². The van der Waals surface area contributed by atoms with Gasteiger partial charge in [-0.1, -0.05) is 36.4 Å². The van der Waals surface area contributed by atoms with Crippen LogP contribution in [0.25, 0.3) is 10.1 Å². The molecule has 1 N–H and O–H groups in total. The lowest BCUT2D eigenvalue weighted by Crippen LogP contribution is -2.28. The summed E-state index contributed by atoms with van der Waals surface area (Å²) in [6, 6.07) is 15.5. The average Bonchev–Trinajstić information content (AvgIpc) is 3.04. The summed E-state index contributed by atoms with van der Waals surface area (Å²) in [7, 11) is 0. The van der Waals surface area contributed by atoms with Gasteiger partial charge in [-0.3, -0.25) is 4.79 Å². The number of esters is 1. The normalized spacial score (nSPS) is 10.5. The number of hydrogen-bond acceptors (Lipinski definition) is 4. The maximum Gasteiger partial charge on any atom is 0.348 e. The lowest BCUT2D eigenvalue weighted by molar-refractivity contribution is -0.124. The fraction of sp³-hybridized carbons (Fsp3) is 0.111. The Kier molecular flexibility index (Phi) is 4.86. The number of fused-ring (bicyclic) bond motifs is 1. The van der Waals surface area contributed by atoms with Gasteiger partial charge in [0.25, 0.3) is 5.91 Å². The van der Waals surface area contributed by atoms with E-state index in [9.17, 15) is 14.0 Å². The Bertz CT molecular complexity index is 876. The summed E-state index contributed by atoms with van der Waals surface area (Å²) in [5, 5.41) is 3.05. The monoisotopic (exact) mass is 343 g/mol. The second kappa shape index (κ2) is 7.23. The molecule has 0 bridgehead atoms. The van der Waals surface area contributed by atoms with Crippen molar-refractivity contribution in [3.8, 4) is 0 Å². The number of rotatable bonds is 5. The van der Waals surface area contributed by atoms with Crippen LogP contribution in [0.2, 0.25) is 0 Å². The number of carbonyl (C=O) groups is 2. The number of amides is 1. The van der Waals surface area contributed by atoms with Gasteiger partial charge in [0.05, 0.1) is 0 Å². The Morgan fingerprint density at radius 2 is 1.88 bits per heavy atom. The number of halogens is 1. The lowest BCUT2D eigenvalue weighted by atomic mass is 10.2. The van der Waals surface area contributed by atoms with Gasteiger partial charge in [-0.25, -0.2) is 9.18 Å². The summed E-state index contributed by atoms with van der Waals surface area (Å²) < 4.78 is 19.3. The molecule has 1 aromatic heterocycles. The van der Waals surface area contributed by atoms with E-state index in [1.54, 1.807) is 12.1 Å². The quantitative estimate of drug-likeness (QED) is 0.721. The first kappa shape index (κ1) is 16.1. The molecule has 3 aromatic rings. The fourth-order valence-electron chi connectivity index (χ4n) is 2.18. The number of thiophene rings is 1. The average molecular weight is 343 g/mol. The molecule has 2 aromatic carbocycles. The molecule has 0 spiro atoms. The van der Waals surface area contributed by atoms with Crippen LogP contribution in [0.3, 0.4) is 0 Å². The van der Waals surface area contributed by atoms with Crippen molar-refractivity contribution < 1.29 is 18.7 Å². The van der Waals surface area contributed by atoms with Crippen molar-refractivity contribution in [1.29, 1.82) is 0 Å². The first-order valence-corrected chi connectivity index (χ1v) is 8.11. The summed E-state index contributed by atoms with van der Waals surface area (Å²) in [6.45, 7) is -0.00623. The standard InChI is InChI=1S/C18H14FNO3S/c19-14-7-4-8-15-13(14)9-16(24-15)18(22)23-11-17(21)20-10-12-5-2-1-3-6-12/h1-9H,10-11H2,(H,20,21). The number of hydrogen-bond donors (Lipinski definition) is 1. The first-order valence-electron chi connectivity index (χ1n) is 7.29. The van der Waals surface area contributed by atoms with Gasteiger partial charge >= 0.3 is 5.97 Å². The molecule has 1 heterocycles. The summed E-state index contributed by atoms with van der Waals surface area (Å²) in [5.41, 5.74) is 0.956. The zero-order chi connectivity index (χ0) is 16.9. The molecule has 1 amide bonds. The Hall–Kier alpha value is -2.73. The van der Waals surface area contributed by atoms with Gasteiger partial charge in [0, 0.05) is 16.6 Å². The highest BCUT2D eigenvalue weighted by Crippen LogP contribution is 2.28. The van der Waals surface area contributed by atoms with E-state index in [0.717, 1.165) is 16.9 Å². The molecule has 0 radical (unpaired) electrons. The van der Waals surface area contributed by atoms with Crippen molar-refractivity contribution in [1.82, 2.24) is 5.32 Å². The minimum atomic E-state index is -0.634. The maximum absolute atomic E-state index is 13.6. The Balaban J connectivity index is 1.54.